The van der Waals surface area contributed by atoms with E-state index in [1.54, 1.807) is 19.2 Å². The van der Waals surface area contributed by atoms with Crippen LogP contribution in [0.1, 0.15) is 23.0 Å². The fourth-order valence-electron chi connectivity index (χ4n) is 2.06. The van der Waals surface area contributed by atoms with Gasteiger partial charge in [0.15, 0.2) is 11.7 Å². The molecule has 1 aromatic heterocycles. The number of benzene rings is 1. The number of methoxy groups -OCH3 is 1. The quantitative estimate of drug-likeness (QED) is 0.532. The van der Waals surface area contributed by atoms with Crippen LogP contribution >= 0.6 is 0 Å². The number of aliphatic imine (C=N–C) groups is 1. The number of rotatable bonds is 7. The number of amides is 1. The molecule has 24 heavy (non-hydrogen) atoms. The first-order valence-electron chi connectivity index (χ1n) is 7.57. The summed E-state index contributed by atoms with van der Waals surface area (Å²) in [6.07, 6.45) is 1.46. The summed E-state index contributed by atoms with van der Waals surface area (Å²) >= 11 is 0. The van der Waals surface area contributed by atoms with E-state index in [2.05, 4.69) is 15.6 Å². The maximum Gasteiger partial charge on any atom is 0.291 e. The van der Waals surface area contributed by atoms with Crippen molar-refractivity contribution in [2.45, 2.75) is 19.5 Å². The smallest absolute Gasteiger partial charge is 0.291 e. The predicted octanol–water partition coefficient (Wildman–Crippen LogP) is 1.97. The van der Waals surface area contributed by atoms with Gasteiger partial charge in [-0.2, -0.15) is 0 Å². The number of anilines is 1. The van der Waals surface area contributed by atoms with E-state index in [4.69, 9.17) is 14.9 Å². The van der Waals surface area contributed by atoms with Crippen LogP contribution in [0.4, 0.5) is 5.69 Å². The van der Waals surface area contributed by atoms with Crippen LogP contribution < -0.4 is 16.4 Å². The third-order valence-electron chi connectivity index (χ3n) is 3.20. The Kier molecular flexibility index (Phi) is 6.39. The topological polar surface area (TPSA) is 102 Å². The fraction of sp³-hybridized carbons (Fsp3) is 0.294. The Hall–Kier alpha value is -2.80. The first-order chi connectivity index (χ1) is 11.6. The van der Waals surface area contributed by atoms with E-state index in [0.717, 1.165) is 5.56 Å². The van der Waals surface area contributed by atoms with Crippen molar-refractivity contribution in [2.75, 3.05) is 19.0 Å². The summed E-state index contributed by atoms with van der Waals surface area (Å²) < 4.78 is 10.1. The van der Waals surface area contributed by atoms with Gasteiger partial charge in [0.2, 0.25) is 0 Å². The van der Waals surface area contributed by atoms with Gasteiger partial charge in [0.05, 0.1) is 19.4 Å². The number of furan rings is 1. The van der Waals surface area contributed by atoms with Crippen molar-refractivity contribution in [2.24, 2.45) is 10.7 Å². The molecule has 0 fully saturated rings. The molecule has 0 spiro atoms. The summed E-state index contributed by atoms with van der Waals surface area (Å²) in [5.74, 6) is 0.355. The van der Waals surface area contributed by atoms with E-state index < -0.39 is 0 Å². The molecule has 7 heteroatoms. The van der Waals surface area contributed by atoms with Crippen molar-refractivity contribution >= 4 is 17.6 Å². The standard InChI is InChI=1S/C17H22N4O3/c1-12(11-23-2)20-17(18)19-10-13-5-7-14(8-6-13)21-16(22)15-4-3-9-24-15/h3-9,12H,10-11H2,1-2H3,(H,21,22)(H3,18,19,20). The lowest BCUT2D eigenvalue weighted by Crippen LogP contribution is -2.40. The monoisotopic (exact) mass is 330 g/mol. The summed E-state index contributed by atoms with van der Waals surface area (Å²) in [4.78, 5) is 16.1. The average Bonchev–Trinajstić information content (AvgIpc) is 3.09. The molecule has 0 bridgehead atoms. The van der Waals surface area contributed by atoms with Crippen LogP contribution in [-0.2, 0) is 11.3 Å². The maximum atomic E-state index is 11.9. The molecule has 4 N–H and O–H groups in total. The van der Waals surface area contributed by atoms with Crippen LogP contribution in [0.15, 0.2) is 52.1 Å². The van der Waals surface area contributed by atoms with E-state index in [0.29, 0.717) is 24.8 Å². The van der Waals surface area contributed by atoms with Gasteiger partial charge in [0, 0.05) is 18.8 Å². The number of hydrogen-bond acceptors (Lipinski definition) is 4. The fourth-order valence-corrected chi connectivity index (χ4v) is 2.06. The molecular formula is C17H22N4O3. The van der Waals surface area contributed by atoms with Gasteiger partial charge >= 0.3 is 0 Å². The highest BCUT2D eigenvalue weighted by molar-refractivity contribution is 6.02. The van der Waals surface area contributed by atoms with Crippen LogP contribution in [0.25, 0.3) is 0 Å². The van der Waals surface area contributed by atoms with Gasteiger partial charge in [-0.05, 0) is 36.8 Å². The Balaban J connectivity index is 1.86. The molecular weight excluding hydrogens is 308 g/mol. The van der Waals surface area contributed by atoms with Crippen LogP contribution in [0, 0.1) is 0 Å². The highest BCUT2D eigenvalue weighted by atomic mass is 16.5. The summed E-state index contributed by atoms with van der Waals surface area (Å²) in [5.41, 5.74) is 7.48. The van der Waals surface area contributed by atoms with E-state index in [-0.39, 0.29) is 17.7 Å². The number of carbonyl (C=O) groups excluding carboxylic acids is 1. The number of guanidine groups is 1. The van der Waals surface area contributed by atoms with Crippen molar-refractivity contribution in [3.8, 4) is 0 Å². The third-order valence-corrected chi connectivity index (χ3v) is 3.20. The molecule has 1 unspecified atom stereocenters. The second-order valence-corrected chi connectivity index (χ2v) is 5.33. The average molecular weight is 330 g/mol. The Labute approximate surface area is 140 Å². The van der Waals surface area contributed by atoms with E-state index in [9.17, 15) is 4.79 Å². The molecule has 2 aromatic rings. The maximum absolute atomic E-state index is 11.9. The SMILES string of the molecule is COCC(C)NC(N)=NCc1ccc(NC(=O)c2ccco2)cc1. The van der Waals surface area contributed by atoms with E-state index in [1.807, 2.05) is 31.2 Å². The van der Waals surface area contributed by atoms with Gasteiger partial charge in [-0.15, -0.1) is 0 Å². The predicted molar refractivity (Wildman–Crippen MR) is 92.9 cm³/mol. The second kappa shape index (κ2) is 8.73. The Morgan fingerprint density at radius 3 is 2.71 bits per heavy atom. The highest BCUT2D eigenvalue weighted by Crippen LogP contribution is 2.12. The number of hydrogen-bond donors (Lipinski definition) is 3. The molecule has 1 aromatic carbocycles. The molecule has 1 atom stereocenters. The number of carbonyl (C=O) groups is 1. The van der Waals surface area contributed by atoms with Gasteiger partial charge in [-0.1, -0.05) is 12.1 Å². The molecule has 0 radical (unpaired) electrons. The largest absolute Gasteiger partial charge is 0.459 e. The van der Waals surface area contributed by atoms with Gasteiger partial charge in [-0.25, -0.2) is 4.99 Å². The first kappa shape index (κ1) is 17.6. The summed E-state index contributed by atoms with van der Waals surface area (Å²) in [6.45, 7) is 2.97. The van der Waals surface area contributed by atoms with Crippen LogP contribution in [-0.4, -0.2) is 31.6 Å². The lowest BCUT2D eigenvalue weighted by Gasteiger charge is -2.13. The lowest BCUT2D eigenvalue weighted by molar-refractivity contribution is 0.0996. The molecule has 1 heterocycles. The van der Waals surface area contributed by atoms with Crippen molar-refractivity contribution in [3.63, 3.8) is 0 Å². The highest BCUT2D eigenvalue weighted by Gasteiger charge is 2.08. The zero-order chi connectivity index (χ0) is 17.4. The zero-order valence-corrected chi connectivity index (χ0v) is 13.8. The zero-order valence-electron chi connectivity index (χ0n) is 13.8. The molecule has 7 nitrogen and oxygen atoms in total. The van der Waals surface area contributed by atoms with Gasteiger partial charge in [-0.3, -0.25) is 4.79 Å². The molecule has 0 aliphatic heterocycles. The van der Waals surface area contributed by atoms with Gasteiger partial charge < -0.3 is 25.5 Å². The summed E-state index contributed by atoms with van der Waals surface area (Å²) in [7, 11) is 1.64. The van der Waals surface area contributed by atoms with Crippen molar-refractivity contribution in [3.05, 3.63) is 54.0 Å². The number of ether oxygens (including phenoxy) is 1. The molecule has 2 rings (SSSR count). The van der Waals surface area contributed by atoms with Crippen molar-refractivity contribution in [1.29, 1.82) is 0 Å². The lowest BCUT2D eigenvalue weighted by atomic mass is 10.2. The second-order valence-electron chi connectivity index (χ2n) is 5.33. The molecule has 1 amide bonds. The van der Waals surface area contributed by atoms with E-state index >= 15 is 0 Å². The normalized spacial score (nSPS) is 12.7. The number of nitrogens with one attached hydrogen (secondary N) is 2. The summed E-state index contributed by atoms with van der Waals surface area (Å²) in [6, 6.07) is 10.8. The number of nitrogens with zero attached hydrogens (tertiary/aromatic N) is 1. The molecule has 0 aliphatic carbocycles. The first-order valence-corrected chi connectivity index (χ1v) is 7.57. The Bertz CT molecular complexity index is 666. The van der Waals surface area contributed by atoms with Crippen LogP contribution in [0.3, 0.4) is 0 Å². The Morgan fingerprint density at radius 2 is 2.08 bits per heavy atom. The molecule has 0 aliphatic rings. The van der Waals surface area contributed by atoms with Gasteiger partial charge in [0.1, 0.15) is 0 Å². The summed E-state index contributed by atoms with van der Waals surface area (Å²) in [5, 5.41) is 5.80. The molecule has 0 saturated heterocycles. The Morgan fingerprint density at radius 1 is 1.33 bits per heavy atom. The minimum atomic E-state index is -0.286. The van der Waals surface area contributed by atoms with E-state index in [1.165, 1.54) is 6.26 Å². The third kappa shape index (κ3) is 5.44. The minimum absolute atomic E-state index is 0.0953. The number of nitrogens with two attached hydrogens (primary N) is 1. The van der Waals surface area contributed by atoms with Crippen LogP contribution in [0.5, 0.6) is 0 Å². The minimum Gasteiger partial charge on any atom is -0.459 e. The van der Waals surface area contributed by atoms with Crippen molar-refractivity contribution < 1.29 is 13.9 Å². The molecule has 128 valence electrons. The van der Waals surface area contributed by atoms with Crippen molar-refractivity contribution in [1.82, 2.24) is 5.32 Å². The van der Waals surface area contributed by atoms with Gasteiger partial charge in [0.25, 0.3) is 5.91 Å². The van der Waals surface area contributed by atoms with Crippen LogP contribution in [0.2, 0.25) is 0 Å². The molecule has 0 saturated carbocycles.